The lowest BCUT2D eigenvalue weighted by molar-refractivity contribution is -0.114. The minimum Gasteiger partial charge on any atom is -0.504 e. The normalized spacial score (nSPS) is 10.2. The van der Waals surface area contributed by atoms with Gasteiger partial charge in [-0.2, -0.15) is 0 Å². The van der Waals surface area contributed by atoms with Gasteiger partial charge >= 0.3 is 0 Å². The van der Waals surface area contributed by atoms with Crippen LogP contribution in [0.4, 0.5) is 10.1 Å². The first-order valence-corrected chi connectivity index (χ1v) is 6.73. The second kappa shape index (κ2) is 6.78. The van der Waals surface area contributed by atoms with Crippen LogP contribution in [0, 0.1) is 5.82 Å². The highest BCUT2D eigenvalue weighted by molar-refractivity contribution is 6.00. The van der Waals surface area contributed by atoms with Gasteiger partial charge in [-0.15, -0.1) is 0 Å². The van der Waals surface area contributed by atoms with Crippen LogP contribution in [0.25, 0.3) is 0 Å². The number of aromatic hydroxyl groups is 2. The lowest BCUT2D eigenvalue weighted by atomic mass is 10.1. The minimum atomic E-state index is -0.644. The Balaban J connectivity index is 2.16. The molecule has 0 radical (unpaired) electrons. The Morgan fingerprint density at radius 3 is 2.39 bits per heavy atom. The molecule has 0 spiro atoms. The van der Waals surface area contributed by atoms with Crippen LogP contribution in [0.1, 0.15) is 22.8 Å². The van der Waals surface area contributed by atoms with Crippen LogP contribution >= 0.6 is 0 Å². The molecule has 0 unspecified atom stereocenters. The van der Waals surface area contributed by atoms with Gasteiger partial charge in [0.05, 0.1) is 5.56 Å². The molecule has 120 valence electrons. The van der Waals surface area contributed by atoms with Crippen LogP contribution in [0.3, 0.4) is 0 Å². The third-order valence-electron chi connectivity index (χ3n) is 3.02. The van der Waals surface area contributed by atoms with E-state index in [0.29, 0.717) is 5.56 Å². The van der Waals surface area contributed by atoms with Crippen LogP contribution < -0.4 is 10.6 Å². The Morgan fingerprint density at radius 2 is 1.78 bits per heavy atom. The summed E-state index contributed by atoms with van der Waals surface area (Å²) in [7, 11) is 0. The van der Waals surface area contributed by atoms with E-state index in [0.717, 1.165) is 6.07 Å². The summed E-state index contributed by atoms with van der Waals surface area (Å²) in [5, 5.41) is 24.4. The van der Waals surface area contributed by atoms with Crippen molar-refractivity contribution in [1.82, 2.24) is 5.32 Å². The van der Waals surface area contributed by atoms with Crippen molar-refractivity contribution in [3.05, 3.63) is 53.3 Å². The molecular formula is C16H15FN2O4. The standard InChI is InChI=1S/C16H15FN2O4/c1-9(20)19-12-6-13(15(22)14(21)7-12)16(23)18-8-10-2-4-11(17)5-3-10/h2-7,21-22H,8H2,1H3,(H,18,23)(H,19,20). The van der Waals surface area contributed by atoms with Crippen LogP contribution in [0.15, 0.2) is 36.4 Å². The Labute approximate surface area is 131 Å². The molecule has 0 saturated carbocycles. The molecule has 0 heterocycles. The molecule has 0 aromatic heterocycles. The molecule has 0 fully saturated rings. The Morgan fingerprint density at radius 1 is 1.13 bits per heavy atom. The summed E-state index contributed by atoms with van der Waals surface area (Å²) in [5.41, 5.74) is 0.664. The summed E-state index contributed by atoms with van der Waals surface area (Å²) in [6.07, 6.45) is 0. The third-order valence-corrected chi connectivity index (χ3v) is 3.02. The summed E-state index contributed by atoms with van der Waals surface area (Å²) in [6.45, 7) is 1.39. The summed E-state index contributed by atoms with van der Waals surface area (Å²) in [4.78, 5) is 23.2. The van der Waals surface area contributed by atoms with E-state index in [2.05, 4.69) is 10.6 Å². The zero-order valence-electron chi connectivity index (χ0n) is 12.3. The maximum atomic E-state index is 12.8. The van der Waals surface area contributed by atoms with Gasteiger partial charge in [0.2, 0.25) is 5.91 Å². The lowest BCUT2D eigenvalue weighted by Crippen LogP contribution is -2.23. The Kier molecular flexibility index (Phi) is 4.80. The molecule has 2 aromatic rings. The monoisotopic (exact) mass is 318 g/mol. The van der Waals surface area contributed by atoms with E-state index >= 15 is 0 Å². The van der Waals surface area contributed by atoms with E-state index in [1.165, 1.54) is 37.3 Å². The maximum absolute atomic E-state index is 12.8. The van der Waals surface area contributed by atoms with Gasteiger partial charge in [0.1, 0.15) is 5.82 Å². The van der Waals surface area contributed by atoms with E-state index in [1.807, 2.05) is 0 Å². The molecule has 2 rings (SSSR count). The number of anilines is 1. The number of hydrogen-bond donors (Lipinski definition) is 4. The molecule has 2 aromatic carbocycles. The molecule has 7 heteroatoms. The number of carbonyl (C=O) groups excluding carboxylic acids is 2. The highest BCUT2D eigenvalue weighted by Gasteiger charge is 2.16. The van der Waals surface area contributed by atoms with Gasteiger partial charge in [-0.3, -0.25) is 9.59 Å². The van der Waals surface area contributed by atoms with E-state index in [9.17, 15) is 24.2 Å². The fraction of sp³-hybridized carbons (Fsp3) is 0.125. The van der Waals surface area contributed by atoms with E-state index in [4.69, 9.17) is 0 Å². The van der Waals surface area contributed by atoms with Crippen LogP contribution in [0.5, 0.6) is 11.5 Å². The third kappa shape index (κ3) is 4.19. The first-order valence-electron chi connectivity index (χ1n) is 6.73. The molecule has 4 N–H and O–H groups in total. The van der Waals surface area contributed by atoms with Crippen molar-refractivity contribution in [2.75, 3.05) is 5.32 Å². The number of hydrogen-bond acceptors (Lipinski definition) is 4. The van der Waals surface area contributed by atoms with Crippen molar-refractivity contribution in [2.24, 2.45) is 0 Å². The zero-order valence-corrected chi connectivity index (χ0v) is 12.3. The highest BCUT2D eigenvalue weighted by Crippen LogP contribution is 2.32. The number of amides is 2. The fourth-order valence-electron chi connectivity index (χ4n) is 1.95. The molecule has 2 amide bonds. The van der Waals surface area contributed by atoms with Gasteiger partial charge in [-0.25, -0.2) is 4.39 Å². The van der Waals surface area contributed by atoms with Gasteiger partial charge in [0.15, 0.2) is 11.5 Å². The van der Waals surface area contributed by atoms with Crippen LogP contribution in [-0.4, -0.2) is 22.0 Å². The summed E-state index contributed by atoms with van der Waals surface area (Å²) >= 11 is 0. The largest absolute Gasteiger partial charge is 0.504 e. The molecule has 0 bridgehead atoms. The molecule has 0 atom stereocenters. The zero-order chi connectivity index (χ0) is 17.0. The predicted octanol–water partition coefficient (Wildman–Crippen LogP) is 2.13. The van der Waals surface area contributed by atoms with E-state index in [-0.39, 0.29) is 29.5 Å². The molecule has 0 aliphatic heterocycles. The second-order valence-electron chi connectivity index (χ2n) is 4.88. The number of benzene rings is 2. The fourth-order valence-corrected chi connectivity index (χ4v) is 1.95. The number of nitrogens with one attached hydrogen (secondary N) is 2. The van der Waals surface area contributed by atoms with Gasteiger partial charge in [0.25, 0.3) is 5.91 Å². The van der Waals surface area contributed by atoms with Crippen molar-refractivity contribution in [2.45, 2.75) is 13.5 Å². The number of carbonyl (C=O) groups is 2. The van der Waals surface area contributed by atoms with Crippen molar-refractivity contribution in [3.63, 3.8) is 0 Å². The number of phenols is 2. The highest BCUT2D eigenvalue weighted by atomic mass is 19.1. The van der Waals surface area contributed by atoms with E-state index < -0.39 is 17.4 Å². The Bertz CT molecular complexity index is 744. The first-order chi connectivity index (χ1) is 10.9. The maximum Gasteiger partial charge on any atom is 0.255 e. The molecule has 0 aliphatic rings. The first kappa shape index (κ1) is 16.3. The summed E-state index contributed by atoms with van der Waals surface area (Å²) in [5.74, 6) is -2.52. The predicted molar refractivity (Wildman–Crippen MR) is 81.6 cm³/mol. The van der Waals surface area contributed by atoms with Crippen molar-refractivity contribution < 1.29 is 24.2 Å². The molecule has 6 nitrogen and oxygen atoms in total. The van der Waals surface area contributed by atoms with Crippen LogP contribution in [-0.2, 0) is 11.3 Å². The van der Waals surface area contributed by atoms with Crippen molar-refractivity contribution >= 4 is 17.5 Å². The average molecular weight is 318 g/mol. The molecule has 23 heavy (non-hydrogen) atoms. The summed E-state index contributed by atoms with van der Waals surface area (Å²) < 4.78 is 12.8. The summed E-state index contributed by atoms with van der Waals surface area (Å²) in [6, 6.07) is 7.94. The topological polar surface area (TPSA) is 98.7 Å². The van der Waals surface area contributed by atoms with Gasteiger partial charge in [0, 0.05) is 25.2 Å². The van der Waals surface area contributed by atoms with Crippen molar-refractivity contribution in [3.8, 4) is 11.5 Å². The van der Waals surface area contributed by atoms with Gasteiger partial charge < -0.3 is 20.8 Å². The molecule has 0 aliphatic carbocycles. The molecule has 0 saturated heterocycles. The quantitative estimate of drug-likeness (QED) is 0.512. The number of rotatable bonds is 4. The number of halogens is 1. The minimum absolute atomic E-state index is 0.115. The van der Waals surface area contributed by atoms with Crippen LogP contribution in [0.2, 0.25) is 0 Å². The SMILES string of the molecule is CC(=O)Nc1cc(O)c(O)c(C(=O)NCc2ccc(F)cc2)c1. The second-order valence-corrected chi connectivity index (χ2v) is 4.88. The van der Waals surface area contributed by atoms with Crippen molar-refractivity contribution in [1.29, 1.82) is 0 Å². The van der Waals surface area contributed by atoms with Gasteiger partial charge in [-0.1, -0.05) is 12.1 Å². The van der Waals surface area contributed by atoms with E-state index in [1.54, 1.807) is 0 Å². The average Bonchev–Trinajstić information content (AvgIpc) is 2.49. The molecular weight excluding hydrogens is 303 g/mol. The number of phenolic OH excluding ortho intramolecular Hbond substituents is 2. The lowest BCUT2D eigenvalue weighted by Gasteiger charge is -2.11. The smallest absolute Gasteiger partial charge is 0.255 e. The Hall–Kier alpha value is -3.09. The van der Waals surface area contributed by atoms with Gasteiger partial charge in [-0.05, 0) is 23.8 Å².